The van der Waals surface area contributed by atoms with Gasteiger partial charge in [-0.2, -0.15) is 0 Å². The van der Waals surface area contributed by atoms with E-state index in [0.717, 1.165) is 19.3 Å². The van der Waals surface area contributed by atoms with Crippen molar-refractivity contribution in [3.8, 4) is 0 Å². The highest BCUT2D eigenvalue weighted by atomic mass is 35.5. The lowest BCUT2D eigenvalue weighted by Gasteiger charge is -2.34. The number of aliphatic hydroxyl groups excluding tert-OH is 1. The van der Waals surface area contributed by atoms with Crippen molar-refractivity contribution in [3.05, 3.63) is 38.9 Å². The Kier molecular flexibility index (Phi) is 4.57. The van der Waals surface area contributed by atoms with E-state index in [0.29, 0.717) is 6.54 Å². The molecule has 1 aromatic carbocycles. The average molecular weight is 299 g/mol. The van der Waals surface area contributed by atoms with Crippen molar-refractivity contribution < 1.29 is 14.8 Å². The number of piperidine rings is 1. The van der Waals surface area contributed by atoms with Crippen molar-refractivity contribution in [1.29, 1.82) is 0 Å². The van der Waals surface area contributed by atoms with Crippen molar-refractivity contribution in [3.63, 3.8) is 0 Å². The Balaban J connectivity index is 2.32. The van der Waals surface area contributed by atoms with Crippen LogP contribution in [0, 0.1) is 10.1 Å². The number of likely N-dealkylation sites (tertiary alicyclic amines) is 1. The van der Waals surface area contributed by atoms with Gasteiger partial charge in [-0.3, -0.25) is 14.9 Å². The molecule has 108 valence electrons. The number of hydrogen-bond acceptors (Lipinski definition) is 4. The summed E-state index contributed by atoms with van der Waals surface area (Å²) in [5.41, 5.74) is -0.0588. The number of halogens is 1. The van der Waals surface area contributed by atoms with Gasteiger partial charge in [0.2, 0.25) is 0 Å². The zero-order valence-corrected chi connectivity index (χ0v) is 11.5. The fourth-order valence-electron chi connectivity index (χ4n) is 2.40. The van der Waals surface area contributed by atoms with E-state index < -0.39 is 4.92 Å². The minimum absolute atomic E-state index is 0.112. The first-order chi connectivity index (χ1) is 9.54. The molecular formula is C13H15ClN2O4. The molecule has 1 fully saturated rings. The van der Waals surface area contributed by atoms with Crippen LogP contribution in [0.2, 0.25) is 5.02 Å². The number of aliphatic hydroxyl groups is 1. The minimum Gasteiger partial charge on any atom is -0.394 e. The monoisotopic (exact) mass is 298 g/mol. The Bertz CT molecular complexity index is 535. The molecule has 0 aromatic heterocycles. The Morgan fingerprint density at radius 2 is 2.25 bits per heavy atom. The van der Waals surface area contributed by atoms with Crippen LogP contribution in [0.15, 0.2) is 18.2 Å². The molecule has 1 amide bonds. The first-order valence-electron chi connectivity index (χ1n) is 6.40. The number of nitro benzene ring substituents is 1. The third-order valence-corrected chi connectivity index (χ3v) is 3.82. The Labute approximate surface area is 121 Å². The molecule has 1 saturated heterocycles. The second kappa shape index (κ2) is 6.19. The van der Waals surface area contributed by atoms with E-state index in [4.69, 9.17) is 11.6 Å². The summed E-state index contributed by atoms with van der Waals surface area (Å²) in [5.74, 6) is -0.363. The zero-order valence-electron chi connectivity index (χ0n) is 10.8. The normalized spacial score (nSPS) is 18.9. The van der Waals surface area contributed by atoms with Gasteiger partial charge in [-0.15, -0.1) is 0 Å². The van der Waals surface area contributed by atoms with Crippen LogP contribution in [0.4, 0.5) is 5.69 Å². The predicted molar refractivity (Wildman–Crippen MR) is 73.9 cm³/mol. The number of rotatable bonds is 3. The Morgan fingerprint density at radius 1 is 1.50 bits per heavy atom. The van der Waals surface area contributed by atoms with Crippen molar-refractivity contribution in [2.24, 2.45) is 0 Å². The second-order valence-electron chi connectivity index (χ2n) is 4.75. The third-order valence-electron chi connectivity index (χ3n) is 3.49. The lowest BCUT2D eigenvalue weighted by molar-refractivity contribution is -0.384. The SMILES string of the molecule is O=C(c1cc([N+](=O)[O-])ccc1Cl)N1CCCC[C@@H]1CO. The molecule has 0 saturated carbocycles. The minimum atomic E-state index is -0.563. The molecule has 6 nitrogen and oxygen atoms in total. The molecule has 20 heavy (non-hydrogen) atoms. The van der Waals surface area contributed by atoms with Gasteiger partial charge in [-0.25, -0.2) is 0 Å². The van der Waals surface area contributed by atoms with Crippen molar-refractivity contribution in [2.75, 3.05) is 13.2 Å². The van der Waals surface area contributed by atoms with E-state index in [1.165, 1.54) is 18.2 Å². The first-order valence-corrected chi connectivity index (χ1v) is 6.78. The summed E-state index contributed by atoms with van der Waals surface area (Å²) in [6.45, 7) is 0.418. The molecular weight excluding hydrogens is 284 g/mol. The summed E-state index contributed by atoms with van der Waals surface area (Å²) >= 11 is 5.97. The maximum atomic E-state index is 12.5. The smallest absolute Gasteiger partial charge is 0.270 e. The van der Waals surface area contributed by atoms with E-state index >= 15 is 0 Å². The maximum absolute atomic E-state index is 12.5. The van der Waals surface area contributed by atoms with Gasteiger partial charge in [0, 0.05) is 18.7 Å². The lowest BCUT2D eigenvalue weighted by atomic mass is 10.0. The predicted octanol–water partition coefficient (Wildman–Crippen LogP) is 2.24. The molecule has 1 N–H and O–H groups in total. The summed E-state index contributed by atoms with van der Waals surface area (Å²) < 4.78 is 0. The van der Waals surface area contributed by atoms with E-state index in [1.807, 2.05) is 0 Å². The summed E-state index contributed by atoms with van der Waals surface area (Å²) in [4.78, 5) is 24.2. The van der Waals surface area contributed by atoms with Crippen LogP contribution in [-0.2, 0) is 0 Å². The third kappa shape index (κ3) is 2.91. The van der Waals surface area contributed by atoms with Crippen LogP contribution >= 0.6 is 11.6 Å². The van der Waals surface area contributed by atoms with Gasteiger partial charge in [0.1, 0.15) is 0 Å². The Morgan fingerprint density at radius 3 is 2.90 bits per heavy atom. The number of carbonyl (C=O) groups excluding carboxylic acids is 1. The zero-order chi connectivity index (χ0) is 14.7. The maximum Gasteiger partial charge on any atom is 0.270 e. The van der Waals surface area contributed by atoms with Gasteiger partial charge in [-0.05, 0) is 25.3 Å². The van der Waals surface area contributed by atoms with Crippen LogP contribution in [0.3, 0.4) is 0 Å². The van der Waals surface area contributed by atoms with E-state index in [9.17, 15) is 20.0 Å². The van der Waals surface area contributed by atoms with E-state index in [-0.39, 0.29) is 34.8 Å². The van der Waals surface area contributed by atoms with Crippen LogP contribution < -0.4 is 0 Å². The molecule has 0 aliphatic carbocycles. The number of amides is 1. The summed E-state index contributed by atoms with van der Waals surface area (Å²) in [7, 11) is 0. The molecule has 0 radical (unpaired) electrons. The Hall–Kier alpha value is -1.66. The molecule has 2 rings (SSSR count). The molecule has 1 heterocycles. The van der Waals surface area contributed by atoms with Crippen LogP contribution in [-0.4, -0.2) is 40.0 Å². The van der Waals surface area contributed by atoms with Gasteiger partial charge in [0.05, 0.1) is 28.2 Å². The van der Waals surface area contributed by atoms with E-state index in [1.54, 1.807) is 4.90 Å². The fourth-order valence-corrected chi connectivity index (χ4v) is 2.60. The molecule has 0 bridgehead atoms. The molecule has 1 atom stereocenters. The van der Waals surface area contributed by atoms with Crippen LogP contribution in [0.25, 0.3) is 0 Å². The molecule has 1 aliphatic rings. The number of carbonyl (C=O) groups is 1. The van der Waals surface area contributed by atoms with Crippen molar-refractivity contribution in [2.45, 2.75) is 25.3 Å². The van der Waals surface area contributed by atoms with Gasteiger partial charge in [0.25, 0.3) is 11.6 Å². The molecule has 7 heteroatoms. The van der Waals surface area contributed by atoms with Gasteiger partial charge in [0.15, 0.2) is 0 Å². The van der Waals surface area contributed by atoms with E-state index in [2.05, 4.69) is 0 Å². The number of non-ortho nitro benzene ring substituents is 1. The van der Waals surface area contributed by atoms with Gasteiger partial charge in [-0.1, -0.05) is 11.6 Å². The molecule has 0 unspecified atom stereocenters. The number of hydrogen-bond donors (Lipinski definition) is 1. The largest absolute Gasteiger partial charge is 0.394 e. The molecule has 1 aliphatic heterocycles. The summed E-state index contributed by atoms with van der Waals surface area (Å²) in [6, 6.07) is 3.56. The standard InChI is InChI=1S/C13H15ClN2O4/c14-12-5-4-9(16(19)20)7-11(12)13(18)15-6-2-1-3-10(15)8-17/h4-5,7,10,17H,1-3,6,8H2/t10-/m1/s1. The number of nitro groups is 1. The quantitative estimate of drug-likeness (QED) is 0.685. The molecule has 1 aromatic rings. The average Bonchev–Trinajstić information content (AvgIpc) is 2.46. The summed E-state index contributed by atoms with van der Waals surface area (Å²) in [6.07, 6.45) is 2.54. The first kappa shape index (κ1) is 14.7. The van der Waals surface area contributed by atoms with Gasteiger partial charge < -0.3 is 10.0 Å². The molecule has 0 spiro atoms. The fraction of sp³-hybridized carbons (Fsp3) is 0.462. The van der Waals surface area contributed by atoms with Crippen LogP contribution in [0.1, 0.15) is 29.6 Å². The number of nitrogens with zero attached hydrogens (tertiary/aromatic N) is 2. The van der Waals surface area contributed by atoms with Crippen molar-refractivity contribution in [1.82, 2.24) is 4.90 Å². The topological polar surface area (TPSA) is 83.7 Å². The highest BCUT2D eigenvalue weighted by molar-refractivity contribution is 6.33. The number of benzene rings is 1. The van der Waals surface area contributed by atoms with Crippen LogP contribution in [0.5, 0.6) is 0 Å². The second-order valence-corrected chi connectivity index (χ2v) is 5.16. The highest BCUT2D eigenvalue weighted by Crippen LogP contribution is 2.26. The van der Waals surface area contributed by atoms with Crippen molar-refractivity contribution >= 4 is 23.2 Å². The summed E-state index contributed by atoms with van der Waals surface area (Å²) in [5, 5.41) is 20.3. The lowest BCUT2D eigenvalue weighted by Crippen LogP contribution is -2.45. The van der Waals surface area contributed by atoms with Gasteiger partial charge >= 0.3 is 0 Å². The highest BCUT2D eigenvalue weighted by Gasteiger charge is 2.28.